The topological polar surface area (TPSA) is 58.2 Å². The molecule has 2 N–H and O–H groups in total. The molecule has 4 nitrogen and oxygen atoms in total. The van der Waals surface area contributed by atoms with Crippen LogP contribution < -0.4 is 10.6 Å². The molecule has 2 aromatic carbocycles. The van der Waals surface area contributed by atoms with Gasteiger partial charge in [0.25, 0.3) is 5.91 Å². The second kappa shape index (κ2) is 7.41. The van der Waals surface area contributed by atoms with Crippen LogP contribution >= 0.6 is 0 Å². The Bertz CT molecular complexity index is 663. The minimum absolute atomic E-state index is 0.0533. The second-order valence-electron chi connectivity index (χ2n) is 5.15. The molecular formula is C18H20N2O2. The monoisotopic (exact) mass is 296 g/mol. The quantitative estimate of drug-likeness (QED) is 0.891. The largest absolute Gasteiger partial charge is 0.343 e. The molecule has 0 aliphatic carbocycles. The average molecular weight is 296 g/mol. The predicted octanol–water partition coefficient (Wildman–Crippen LogP) is 2.93. The van der Waals surface area contributed by atoms with Gasteiger partial charge in [-0.2, -0.15) is 0 Å². The number of rotatable bonds is 5. The summed E-state index contributed by atoms with van der Waals surface area (Å²) in [6.07, 6.45) is 0.931. The van der Waals surface area contributed by atoms with E-state index < -0.39 is 0 Å². The highest BCUT2D eigenvalue weighted by Crippen LogP contribution is 2.09. The molecule has 0 spiro atoms. The van der Waals surface area contributed by atoms with Crippen molar-refractivity contribution < 1.29 is 9.59 Å². The maximum absolute atomic E-state index is 12.0. The van der Waals surface area contributed by atoms with Crippen molar-refractivity contribution in [3.05, 3.63) is 65.2 Å². The summed E-state index contributed by atoms with van der Waals surface area (Å²) in [6.45, 7) is 3.96. The smallest absolute Gasteiger partial charge is 0.251 e. The summed E-state index contributed by atoms with van der Waals surface area (Å²) < 4.78 is 0. The fourth-order valence-electron chi connectivity index (χ4n) is 2.08. The van der Waals surface area contributed by atoms with Crippen LogP contribution in [0.4, 0.5) is 5.69 Å². The van der Waals surface area contributed by atoms with E-state index in [0.717, 1.165) is 17.7 Å². The van der Waals surface area contributed by atoms with Gasteiger partial charge in [0.05, 0.1) is 6.54 Å². The first-order valence-electron chi connectivity index (χ1n) is 7.32. The van der Waals surface area contributed by atoms with Crippen LogP contribution in [-0.4, -0.2) is 18.4 Å². The van der Waals surface area contributed by atoms with Gasteiger partial charge in [-0.25, -0.2) is 0 Å². The zero-order valence-electron chi connectivity index (χ0n) is 12.8. The summed E-state index contributed by atoms with van der Waals surface area (Å²) in [5, 5.41) is 5.37. The first-order valence-corrected chi connectivity index (χ1v) is 7.32. The third kappa shape index (κ3) is 4.45. The molecule has 0 aromatic heterocycles. The van der Waals surface area contributed by atoms with Gasteiger partial charge in [0.15, 0.2) is 0 Å². The minimum atomic E-state index is -0.248. The van der Waals surface area contributed by atoms with Crippen molar-refractivity contribution in [2.24, 2.45) is 0 Å². The van der Waals surface area contributed by atoms with Crippen LogP contribution in [0.3, 0.4) is 0 Å². The summed E-state index contributed by atoms with van der Waals surface area (Å²) >= 11 is 0. The van der Waals surface area contributed by atoms with Gasteiger partial charge in [-0.05, 0) is 48.7 Å². The molecule has 0 radical (unpaired) electrons. The van der Waals surface area contributed by atoms with Crippen molar-refractivity contribution in [1.82, 2.24) is 5.32 Å². The van der Waals surface area contributed by atoms with Crippen LogP contribution in [0.15, 0.2) is 48.5 Å². The lowest BCUT2D eigenvalue weighted by Gasteiger charge is -2.08. The third-order valence-electron chi connectivity index (χ3n) is 3.34. The van der Waals surface area contributed by atoms with Gasteiger partial charge in [-0.15, -0.1) is 0 Å². The molecule has 22 heavy (non-hydrogen) atoms. The van der Waals surface area contributed by atoms with Crippen molar-refractivity contribution in [3.8, 4) is 0 Å². The van der Waals surface area contributed by atoms with Crippen LogP contribution in [0.25, 0.3) is 0 Å². The SMILES string of the molecule is CCc1ccc(C(=O)NCC(=O)Nc2cccc(C)c2)cc1. The maximum atomic E-state index is 12.0. The van der Waals surface area contributed by atoms with Crippen LogP contribution in [0.2, 0.25) is 0 Å². The molecule has 0 fully saturated rings. The maximum Gasteiger partial charge on any atom is 0.251 e. The van der Waals surface area contributed by atoms with Crippen molar-refractivity contribution in [3.63, 3.8) is 0 Å². The van der Waals surface area contributed by atoms with E-state index in [9.17, 15) is 9.59 Å². The van der Waals surface area contributed by atoms with Gasteiger partial charge in [0, 0.05) is 11.3 Å². The average Bonchev–Trinajstić information content (AvgIpc) is 2.52. The normalized spacial score (nSPS) is 10.1. The standard InChI is InChI=1S/C18H20N2O2/c1-3-14-7-9-15(10-8-14)18(22)19-12-17(21)20-16-6-4-5-13(2)11-16/h4-11H,3,12H2,1-2H3,(H,19,22)(H,20,21). The van der Waals surface area contributed by atoms with E-state index in [2.05, 4.69) is 17.6 Å². The number of carbonyl (C=O) groups excluding carboxylic acids is 2. The number of aryl methyl sites for hydroxylation is 2. The lowest BCUT2D eigenvalue weighted by atomic mass is 10.1. The molecule has 0 aliphatic rings. The highest BCUT2D eigenvalue weighted by molar-refractivity contribution is 5.99. The van der Waals surface area contributed by atoms with Crippen LogP contribution in [0, 0.1) is 6.92 Å². The summed E-state index contributed by atoms with van der Waals surface area (Å²) in [6, 6.07) is 14.9. The molecule has 0 atom stereocenters. The Balaban J connectivity index is 1.86. The first-order chi connectivity index (χ1) is 10.6. The number of anilines is 1. The van der Waals surface area contributed by atoms with Gasteiger partial charge in [0.1, 0.15) is 0 Å². The number of carbonyl (C=O) groups is 2. The van der Waals surface area contributed by atoms with Crippen molar-refractivity contribution in [2.75, 3.05) is 11.9 Å². The lowest BCUT2D eigenvalue weighted by molar-refractivity contribution is -0.115. The second-order valence-corrected chi connectivity index (χ2v) is 5.15. The summed E-state index contributed by atoms with van der Waals surface area (Å²) in [4.78, 5) is 23.8. The molecule has 0 aliphatic heterocycles. The molecule has 0 bridgehead atoms. The van der Waals surface area contributed by atoms with E-state index >= 15 is 0 Å². The van der Waals surface area contributed by atoms with Gasteiger partial charge < -0.3 is 10.6 Å². The van der Waals surface area contributed by atoms with E-state index in [4.69, 9.17) is 0 Å². The molecule has 0 unspecified atom stereocenters. The van der Waals surface area contributed by atoms with Crippen LogP contribution in [0.5, 0.6) is 0 Å². The van der Waals surface area contributed by atoms with Crippen molar-refractivity contribution >= 4 is 17.5 Å². The number of nitrogens with one attached hydrogen (secondary N) is 2. The minimum Gasteiger partial charge on any atom is -0.343 e. The number of hydrogen-bond donors (Lipinski definition) is 2. The molecular weight excluding hydrogens is 276 g/mol. The molecule has 0 saturated heterocycles. The zero-order chi connectivity index (χ0) is 15.9. The van der Waals surface area contributed by atoms with Crippen molar-refractivity contribution in [1.29, 1.82) is 0 Å². The van der Waals surface area contributed by atoms with E-state index in [1.165, 1.54) is 5.56 Å². The van der Waals surface area contributed by atoms with Gasteiger partial charge in [0.2, 0.25) is 5.91 Å². The fraction of sp³-hybridized carbons (Fsp3) is 0.222. The zero-order valence-corrected chi connectivity index (χ0v) is 12.8. The Morgan fingerprint density at radius 2 is 1.77 bits per heavy atom. The molecule has 2 aromatic rings. The van der Waals surface area contributed by atoms with Crippen LogP contribution in [0.1, 0.15) is 28.4 Å². The predicted molar refractivity (Wildman–Crippen MR) is 88.0 cm³/mol. The van der Waals surface area contributed by atoms with E-state index in [-0.39, 0.29) is 18.4 Å². The van der Waals surface area contributed by atoms with E-state index in [0.29, 0.717) is 5.56 Å². The Kier molecular flexibility index (Phi) is 5.31. The molecule has 114 valence electrons. The highest BCUT2D eigenvalue weighted by atomic mass is 16.2. The summed E-state index contributed by atoms with van der Waals surface area (Å²) in [5.74, 6) is -0.494. The Hall–Kier alpha value is -2.62. The van der Waals surface area contributed by atoms with Gasteiger partial charge in [-0.3, -0.25) is 9.59 Å². The molecule has 0 saturated carbocycles. The van der Waals surface area contributed by atoms with Crippen molar-refractivity contribution in [2.45, 2.75) is 20.3 Å². The fourth-order valence-corrected chi connectivity index (χ4v) is 2.08. The molecule has 0 heterocycles. The van der Waals surface area contributed by atoms with Gasteiger partial charge >= 0.3 is 0 Å². The highest BCUT2D eigenvalue weighted by Gasteiger charge is 2.08. The molecule has 2 amide bonds. The Morgan fingerprint density at radius 3 is 2.41 bits per heavy atom. The summed E-state index contributed by atoms with van der Waals surface area (Å²) in [5.41, 5.74) is 3.53. The lowest BCUT2D eigenvalue weighted by Crippen LogP contribution is -2.32. The third-order valence-corrected chi connectivity index (χ3v) is 3.34. The Labute approximate surface area is 130 Å². The Morgan fingerprint density at radius 1 is 1.05 bits per heavy atom. The number of hydrogen-bond acceptors (Lipinski definition) is 2. The number of benzene rings is 2. The van der Waals surface area contributed by atoms with Crippen LogP contribution in [-0.2, 0) is 11.2 Å². The first kappa shape index (κ1) is 15.8. The summed E-state index contributed by atoms with van der Waals surface area (Å²) in [7, 11) is 0. The molecule has 4 heteroatoms. The van der Waals surface area contributed by atoms with E-state index in [1.54, 1.807) is 12.1 Å². The van der Waals surface area contributed by atoms with Gasteiger partial charge in [-0.1, -0.05) is 31.2 Å². The van der Waals surface area contributed by atoms with E-state index in [1.807, 2.05) is 43.3 Å². The number of amides is 2. The molecule has 2 rings (SSSR count).